The highest BCUT2D eigenvalue weighted by molar-refractivity contribution is 5.77. The molecule has 0 saturated carbocycles. The van der Waals surface area contributed by atoms with Crippen molar-refractivity contribution in [2.24, 2.45) is 0 Å². The molecule has 0 bridgehead atoms. The number of aliphatic hydroxyl groups excluding tert-OH is 2. The molecule has 0 aliphatic carbocycles. The standard InChI is InChI=1S/C9H20N2O3/c1-2-4-11(5-7-13)8-9(14)10-3-6-12/h12-13H,2-8H2,1H3,(H,10,14). The molecule has 0 spiro atoms. The fraction of sp³-hybridized carbons (Fsp3) is 0.889. The van der Waals surface area contributed by atoms with E-state index in [-0.39, 0.29) is 32.2 Å². The first-order valence-electron chi connectivity index (χ1n) is 4.95. The van der Waals surface area contributed by atoms with Gasteiger partial charge in [0.1, 0.15) is 0 Å². The van der Waals surface area contributed by atoms with Gasteiger partial charge in [0.05, 0.1) is 19.8 Å². The van der Waals surface area contributed by atoms with Gasteiger partial charge in [0.2, 0.25) is 5.91 Å². The van der Waals surface area contributed by atoms with E-state index in [4.69, 9.17) is 10.2 Å². The van der Waals surface area contributed by atoms with Crippen LogP contribution < -0.4 is 5.32 Å². The second-order valence-electron chi connectivity index (χ2n) is 3.07. The summed E-state index contributed by atoms with van der Waals surface area (Å²) in [6, 6.07) is 0. The quantitative estimate of drug-likeness (QED) is 0.464. The van der Waals surface area contributed by atoms with Gasteiger partial charge in [0.15, 0.2) is 0 Å². The van der Waals surface area contributed by atoms with E-state index in [1.807, 2.05) is 11.8 Å². The number of nitrogens with one attached hydrogen (secondary N) is 1. The lowest BCUT2D eigenvalue weighted by molar-refractivity contribution is -0.122. The van der Waals surface area contributed by atoms with Gasteiger partial charge in [-0.15, -0.1) is 0 Å². The summed E-state index contributed by atoms with van der Waals surface area (Å²) >= 11 is 0. The SMILES string of the molecule is CCCN(CCO)CC(=O)NCCO. The van der Waals surface area contributed by atoms with Crippen LogP contribution in [0.1, 0.15) is 13.3 Å². The maximum atomic E-state index is 11.2. The predicted molar refractivity (Wildman–Crippen MR) is 53.9 cm³/mol. The molecule has 0 aliphatic heterocycles. The van der Waals surface area contributed by atoms with Gasteiger partial charge in [-0.05, 0) is 13.0 Å². The Morgan fingerprint density at radius 3 is 2.50 bits per heavy atom. The van der Waals surface area contributed by atoms with Gasteiger partial charge in [0.25, 0.3) is 0 Å². The molecule has 5 heteroatoms. The van der Waals surface area contributed by atoms with Crippen molar-refractivity contribution in [1.82, 2.24) is 10.2 Å². The molecule has 0 aromatic heterocycles. The number of nitrogens with zero attached hydrogens (tertiary/aromatic N) is 1. The van der Waals surface area contributed by atoms with Gasteiger partial charge in [0, 0.05) is 13.1 Å². The lowest BCUT2D eigenvalue weighted by Gasteiger charge is -2.19. The van der Waals surface area contributed by atoms with Gasteiger partial charge < -0.3 is 15.5 Å². The zero-order valence-electron chi connectivity index (χ0n) is 8.70. The van der Waals surface area contributed by atoms with Crippen molar-refractivity contribution in [3.05, 3.63) is 0 Å². The van der Waals surface area contributed by atoms with Crippen molar-refractivity contribution < 1.29 is 15.0 Å². The Labute approximate surface area is 84.7 Å². The van der Waals surface area contributed by atoms with Crippen LogP contribution in [0.2, 0.25) is 0 Å². The van der Waals surface area contributed by atoms with Crippen molar-refractivity contribution >= 4 is 5.91 Å². The highest BCUT2D eigenvalue weighted by Crippen LogP contribution is 1.90. The van der Waals surface area contributed by atoms with E-state index in [2.05, 4.69) is 5.32 Å². The Balaban J connectivity index is 3.71. The van der Waals surface area contributed by atoms with Gasteiger partial charge in [-0.2, -0.15) is 0 Å². The first kappa shape index (κ1) is 13.4. The Morgan fingerprint density at radius 2 is 2.00 bits per heavy atom. The topological polar surface area (TPSA) is 72.8 Å². The minimum atomic E-state index is -0.110. The largest absolute Gasteiger partial charge is 0.395 e. The third-order valence-corrected chi connectivity index (χ3v) is 1.76. The van der Waals surface area contributed by atoms with E-state index in [0.29, 0.717) is 6.54 Å². The average Bonchev–Trinajstić information content (AvgIpc) is 2.15. The predicted octanol–water partition coefficient (Wildman–Crippen LogP) is -1.20. The van der Waals surface area contributed by atoms with Gasteiger partial charge in [-0.1, -0.05) is 6.92 Å². The molecule has 0 rings (SSSR count). The van der Waals surface area contributed by atoms with Crippen molar-refractivity contribution in [1.29, 1.82) is 0 Å². The van der Waals surface area contributed by atoms with Crippen LogP contribution in [0, 0.1) is 0 Å². The Morgan fingerprint density at radius 1 is 1.29 bits per heavy atom. The summed E-state index contributed by atoms with van der Waals surface area (Å²) in [7, 11) is 0. The van der Waals surface area contributed by atoms with Crippen LogP contribution in [0.15, 0.2) is 0 Å². The van der Waals surface area contributed by atoms with Crippen molar-refractivity contribution in [2.45, 2.75) is 13.3 Å². The molecule has 0 atom stereocenters. The lowest BCUT2D eigenvalue weighted by atomic mass is 10.4. The number of carbonyl (C=O) groups excluding carboxylic acids is 1. The van der Waals surface area contributed by atoms with Crippen LogP contribution in [0.5, 0.6) is 0 Å². The summed E-state index contributed by atoms with van der Waals surface area (Å²) in [5.41, 5.74) is 0. The van der Waals surface area contributed by atoms with Crippen LogP contribution in [0.25, 0.3) is 0 Å². The first-order valence-corrected chi connectivity index (χ1v) is 4.95. The van der Waals surface area contributed by atoms with E-state index in [1.165, 1.54) is 0 Å². The molecule has 0 radical (unpaired) electrons. The summed E-state index contributed by atoms with van der Waals surface area (Å²) in [5, 5.41) is 19.8. The minimum absolute atomic E-state index is 0.0421. The van der Waals surface area contributed by atoms with Crippen molar-refractivity contribution in [3.8, 4) is 0 Å². The monoisotopic (exact) mass is 204 g/mol. The zero-order chi connectivity index (χ0) is 10.8. The summed E-state index contributed by atoms with van der Waals surface area (Å²) < 4.78 is 0. The Kier molecular flexibility index (Phi) is 8.51. The first-order chi connectivity index (χ1) is 6.74. The Bertz CT molecular complexity index is 147. The fourth-order valence-electron chi connectivity index (χ4n) is 1.18. The number of carbonyl (C=O) groups is 1. The van der Waals surface area contributed by atoms with Gasteiger partial charge >= 0.3 is 0 Å². The number of aliphatic hydroxyl groups is 2. The summed E-state index contributed by atoms with van der Waals surface area (Å²) in [6.07, 6.45) is 0.952. The van der Waals surface area contributed by atoms with Crippen LogP contribution in [0.4, 0.5) is 0 Å². The molecule has 0 aromatic carbocycles. The molecule has 0 fully saturated rings. The van der Waals surface area contributed by atoms with Crippen molar-refractivity contribution in [3.63, 3.8) is 0 Å². The lowest BCUT2D eigenvalue weighted by Crippen LogP contribution is -2.39. The van der Waals surface area contributed by atoms with Gasteiger partial charge in [-0.25, -0.2) is 0 Å². The number of amides is 1. The maximum absolute atomic E-state index is 11.2. The molecule has 1 amide bonds. The third-order valence-electron chi connectivity index (χ3n) is 1.76. The molecule has 3 N–H and O–H groups in total. The molecular formula is C9H20N2O3. The maximum Gasteiger partial charge on any atom is 0.234 e. The van der Waals surface area contributed by atoms with Crippen LogP contribution in [-0.2, 0) is 4.79 Å². The molecule has 5 nitrogen and oxygen atoms in total. The molecule has 0 aliphatic rings. The zero-order valence-corrected chi connectivity index (χ0v) is 8.70. The molecule has 0 aromatic rings. The molecule has 14 heavy (non-hydrogen) atoms. The summed E-state index contributed by atoms with van der Waals surface area (Å²) in [5.74, 6) is -0.110. The van der Waals surface area contributed by atoms with E-state index >= 15 is 0 Å². The van der Waals surface area contributed by atoms with E-state index < -0.39 is 0 Å². The molecule has 0 unspecified atom stereocenters. The number of rotatable bonds is 8. The van der Waals surface area contributed by atoms with E-state index in [1.54, 1.807) is 0 Å². The number of hydrogen-bond donors (Lipinski definition) is 3. The third kappa shape index (κ3) is 6.82. The molecule has 0 saturated heterocycles. The minimum Gasteiger partial charge on any atom is -0.395 e. The van der Waals surface area contributed by atoms with E-state index in [0.717, 1.165) is 13.0 Å². The Hall–Kier alpha value is -0.650. The number of hydrogen-bond acceptors (Lipinski definition) is 4. The van der Waals surface area contributed by atoms with E-state index in [9.17, 15) is 4.79 Å². The highest BCUT2D eigenvalue weighted by Gasteiger charge is 2.08. The van der Waals surface area contributed by atoms with Crippen LogP contribution >= 0.6 is 0 Å². The van der Waals surface area contributed by atoms with Crippen LogP contribution in [-0.4, -0.2) is 60.4 Å². The molecule has 0 heterocycles. The second kappa shape index (κ2) is 8.93. The van der Waals surface area contributed by atoms with Gasteiger partial charge in [-0.3, -0.25) is 9.69 Å². The highest BCUT2D eigenvalue weighted by atomic mass is 16.3. The smallest absolute Gasteiger partial charge is 0.234 e. The second-order valence-corrected chi connectivity index (χ2v) is 3.07. The fourth-order valence-corrected chi connectivity index (χ4v) is 1.18. The average molecular weight is 204 g/mol. The normalized spacial score (nSPS) is 10.6. The van der Waals surface area contributed by atoms with Crippen LogP contribution in [0.3, 0.4) is 0 Å². The summed E-state index contributed by atoms with van der Waals surface area (Å²) in [4.78, 5) is 13.1. The summed E-state index contributed by atoms with van der Waals surface area (Å²) in [6.45, 7) is 3.93. The van der Waals surface area contributed by atoms with Crippen molar-refractivity contribution in [2.75, 3.05) is 39.4 Å². The molecular weight excluding hydrogens is 184 g/mol. The molecule has 84 valence electrons.